The molecule has 0 aliphatic carbocycles. The lowest BCUT2D eigenvalue weighted by atomic mass is 9.96. The van der Waals surface area contributed by atoms with Crippen LogP contribution >= 0.6 is 11.3 Å². The van der Waals surface area contributed by atoms with Crippen LogP contribution in [0.2, 0.25) is 0 Å². The molecule has 24 heavy (non-hydrogen) atoms. The number of nitrogens with zero attached hydrogens (tertiary/aromatic N) is 4. The van der Waals surface area contributed by atoms with Crippen molar-refractivity contribution < 1.29 is 9.18 Å². The quantitative estimate of drug-likeness (QED) is 0.717. The van der Waals surface area contributed by atoms with E-state index in [1.165, 1.54) is 23.5 Å². The van der Waals surface area contributed by atoms with E-state index >= 15 is 0 Å². The topological polar surface area (TPSA) is 51.0 Å². The van der Waals surface area contributed by atoms with Crippen molar-refractivity contribution in [3.63, 3.8) is 0 Å². The number of carbonyl (C=O) groups is 1. The van der Waals surface area contributed by atoms with E-state index in [0.29, 0.717) is 23.9 Å². The van der Waals surface area contributed by atoms with Crippen LogP contribution < -0.4 is 0 Å². The molecule has 2 aromatic heterocycles. The Labute approximate surface area is 142 Å². The third-order valence-electron chi connectivity index (χ3n) is 4.58. The summed E-state index contributed by atoms with van der Waals surface area (Å²) in [5.74, 6) is 1.09. The van der Waals surface area contributed by atoms with Gasteiger partial charge < -0.3 is 9.47 Å². The van der Waals surface area contributed by atoms with Gasteiger partial charge in [0.05, 0.1) is 4.88 Å². The Hall–Kier alpha value is -2.28. The number of thiophene rings is 1. The SMILES string of the molecule is Cn1cnnc1C1CCN(C(=O)c2cc3cc(F)ccc3s2)CC1. The molecule has 0 unspecified atom stereocenters. The molecule has 0 bridgehead atoms. The smallest absolute Gasteiger partial charge is 0.263 e. The molecular weight excluding hydrogens is 327 g/mol. The predicted octanol–water partition coefficient (Wildman–Crippen LogP) is 3.19. The average molecular weight is 344 g/mol. The minimum atomic E-state index is -0.274. The van der Waals surface area contributed by atoms with Crippen molar-refractivity contribution in [3.05, 3.63) is 47.1 Å². The van der Waals surface area contributed by atoms with Crippen LogP contribution in [0.4, 0.5) is 4.39 Å². The van der Waals surface area contributed by atoms with Crippen molar-refractivity contribution in [2.24, 2.45) is 7.05 Å². The Kier molecular flexibility index (Phi) is 3.80. The lowest BCUT2D eigenvalue weighted by Crippen LogP contribution is -2.38. The molecular formula is C17H17FN4OS. The fourth-order valence-corrected chi connectivity index (χ4v) is 4.29. The summed E-state index contributed by atoms with van der Waals surface area (Å²) >= 11 is 1.42. The maximum Gasteiger partial charge on any atom is 0.263 e. The number of hydrogen-bond donors (Lipinski definition) is 0. The molecule has 124 valence electrons. The molecule has 3 heterocycles. The number of amides is 1. The molecule has 1 amide bonds. The lowest BCUT2D eigenvalue weighted by Gasteiger charge is -2.31. The second kappa shape index (κ2) is 5.98. The number of fused-ring (bicyclic) bond motifs is 1. The Morgan fingerprint density at radius 1 is 1.29 bits per heavy atom. The molecule has 4 rings (SSSR count). The highest BCUT2D eigenvalue weighted by Gasteiger charge is 2.27. The summed E-state index contributed by atoms with van der Waals surface area (Å²) in [4.78, 5) is 15.3. The molecule has 1 aromatic carbocycles. The molecule has 0 atom stereocenters. The van der Waals surface area contributed by atoms with E-state index in [-0.39, 0.29) is 11.7 Å². The lowest BCUT2D eigenvalue weighted by molar-refractivity contribution is 0.0715. The van der Waals surface area contributed by atoms with E-state index < -0.39 is 0 Å². The average Bonchev–Trinajstić information content (AvgIpc) is 3.20. The Morgan fingerprint density at radius 3 is 2.79 bits per heavy atom. The van der Waals surface area contributed by atoms with Crippen molar-refractivity contribution in [3.8, 4) is 0 Å². The van der Waals surface area contributed by atoms with Crippen LogP contribution in [0.5, 0.6) is 0 Å². The van der Waals surface area contributed by atoms with E-state index in [1.54, 1.807) is 18.5 Å². The van der Waals surface area contributed by atoms with E-state index in [2.05, 4.69) is 10.2 Å². The number of halogens is 1. The van der Waals surface area contributed by atoms with Crippen LogP contribution in [-0.4, -0.2) is 38.7 Å². The van der Waals surface area contributed by atoms with Crippen LogP contribution in [0, 0.1) is 5.82 Å². The molecule has 0 N–H and O–H groups in total. The van der Waals surface area contributed by atoms with Gasteiger partial charge in [0.25, 0.3) is 5.91 Å². The van der Waals surface area contributed by atoms with Crippen LogP contribution in [0.1, 0.15) is 34.3 Å². The fourth-order valence-electron chi connectivity index (χ4n) is 3.28. The number of aryl methyl sites for hydroxylation is 1. The van der Waals surface area contributed by atoms with E-state index in [0.717, 1.165) is 28.8 Å². The van der Waals surface area contributed by atoms with Gasteiger partial charge in [0.2, 0.25) is 0 Å². The third kappa shape index (κ3) is 2.69. The number of piperidine rings is 1. The minimum Gasteiger partial charge on any atom is -0.338 e. The zero-order chi connectivity index (χ0) is 16.7. The van der Waals surface area contributed by atoms with Gasteiger partial charge in [-0.25, -0.2) is 4.39 Å². The van der Waals surface area contributed by atoms with Gasteiger partial charge in [0.15, 0.2) is 0 Å². The first kappa shape index (κ1) is 15.3. The first-order valence-corrected chi connectivity index (χ1v) is 8.76. The zero-order valence-corrected chi connectivity index (χ0v) is 14.1. The Bertz CT molecular complexity index is 895. The van der Waals surface area contributed by atoms with Gasteiger partial charge in [-0.15, -0.1) is 21.5 Å². The highest BCUT2D eigenvalue weighted by Crippen LogP contribution is 2.30. The monoisotopic (exact) mass is 344 g/mol. The van der Waals surface area contributed by atoms with Gasteiger partial charge in [-0.1, -0.05) is 0 Å². The highest BCUT2D eigenvalue weighted by atomic mass is 32.1. The van der Waals surface area contributed by atoms with Crippen LogP contribution in [0.15, 0.2) is 30.6 Å². The van der Waals surface area contributed by atoms with Crippen molar-refractivity contribution in [2.45, 2.75) is 18.8 Å². The van der Waals surface area contributed by atoms with Crippen molar-refractivity contribution in [1.29, 1.82) is 0 Å². The van der Waals surface area contributed by atoms with Gasteiger partial charge in [0.1, 0.15) is 18.0 Å². The van der Waals surface area contributed by atoms with Crippen LogP contribution in [-0.2, 0) is 7.05 Å². The van der Waals surface area contributed by atoms with E-state index in [1.807, 2.05) is 16.5 Å². The summed E-state index contributed by atoms with van der Waals surface area (Å²) in [6.45, 7) is 1.41. The molecule has 1 aliphatic rings. The molecule has 7 heteroatoms. The molecule has 1 saturated heterocycles. The normalized spacial score (nSPS) is 16.0. The maximum absolute atomic E-state index is 13.3. The minimum absolute atomic E-state index is 0.0352. The molecule has 1 fully saturated rings. The van der Waals surface area contributed by atoms with Gasteiger partial charge in [-0.3, -0.25) is 4.79 Å². The number of carbonyl (C=O) groups excluding carboxylic acids is 1. The van der Waals surface area contributed by atoms with Gasteiger partial charge in [-0.2, -0.15) is 0 Å². The maximum atomic E-state index is 13.3. The largest absolute Gasteiger partial charge is 0.338 e. The first-order chi connectivity index (χ1) is 11.6. The number of rotatable bonds is 2. The van der Waals surface area contributed by atoms with E-state index in [4.69, 9.17) is 0 Å². The molecule has 0 spiro atoms. The summed E-state index contributed by atoms with van der Waals surface area (Å²) in [5.41, 5.74) is 0. The standard InChI is InChI=1S/C17H17FN4OS/c1-21-10-19-20-16(21)11-4-6-22(7-5-11)17(23)15-9-12-8-13(18)2-3-14(12)24-15/h2-3,8-11H,4-7H2,1H3. The Morgan fingerprint density at radius 2 is 2.08 bits per heavy atom. The Balaban J connectivity index is 1.48. The molecule has 1 aliphatic heterocycles. The number of hydrogen-bond acceptors (Lipinski definition) is 4. The number of likely N-dealkylation sites (tertiary alicyclic amines) is 1. The van der Waals surface area contributed by atoms with Gasteiger partial charge >= 0.3 is 0 Å². The number of benzene rings is 1. The van der Waals surface area contributed by atoms with Gasteiger partial charge in [0, 0.05) is 30.8 Å². The summed E-state index contributed by atoms with van der Waals surface area (Å²) in [7, 11) is 1.95. The molecule has 0 saturated carbocycles. The van der Waals surface area contributed by atoms with Crippen LogP contribution in [0.3, 0.4) is 0 Å². The fraction of sp³-hybridized carbons (Fsp3) is 0.353. The number of aromatic nitrogens is 3. The van der Waals surface area contributed by atoms with Gasteiger partial charge in [-0.05, 0) is 42.5 Å². The summed E-state index contributed by atoms with van der Waals surface area (Å²) in [6.07, 6.45) is 3.48. The predicted molar refractivity (Wildman–Crippen MR) is 90.7 cm³/mol. The second-order valence-corrected chi connectivity index (χ2v) is 7.24. The van der Waals surface area contributed by atoms with Crippen LogP contribution in [0.25, 0.3) is 10.1 Å². The molecule has 0 radical (unpaired) electrons. The summed E-state index contributed by atoms with van der Waals surface area (Å²) in [6, 6.07) is 6.43. The van der Waals surface area contributed by atoms with Crippen molar-refractivity contribution >= 4 is 27.3 Å². The van der Waals surface area contributed by atoms with E-state index in [9.17, 15) is 9.18 Å². The second-order valence-electron chi connectivity index (χ2n) is 6.16. The zero-order valence-electron chi connectivity index (χ0n) is 13.3. The first-order valence-electron chi connectivity index (χ1n) is 7.94. The highest BCUT2D eigenvalue weighted by molar-refractivity contribution is 7.20. The third-order valence-corrected chi connectivity index (χ3v) is 5.69. The van der Waals surface area contributed by atoms with Crippen molar-refractivity contribution in [2.75, 3.05) is 13.1 Å². The molecule has 5 nitrogen and oxygen atoms in total. The molecule has 3 aromatic rings. The van der Waals surface area contributed by atoms with Crippen molar-refractivity contribution in [1.82, 2.24) is 19.7 Å². The summed E-state index contributed by atoms with van der Waals surface area (Å²) in [5, 5.41) is 8.90. The summed E-state index contributed by atoms with van der Waals surface area (Å²) < 4.78 is 16.2.